The summed E-state index contributed by atoms with van der Waals surface area (Å²) in [5.74, 6) is 1.64. The van der Waals surface area contributed by atoms with Crippen molar-refractivity contribution >= 4 is 41.3 Å². The van der Waals surface area contributed by atoms with Crippen LogP contribution in [0, 0.1) is 5.92 Å². The molecular formula is C16H31IN4S. The number of hydrogen-bond donors (Lipinski definition) is 2. The Balaban J connectivity index is 0.00000441. The van der Waals surface area contributed by atoms with Crippen LogP contribution in [0.3, 0.4) is 0 Å². The second-order valence-corrected chi connectivity index (χ2v) is 6.99. The van der Waals surface area contributed by atoms with Crippen molar-refractivity contribution in [3.8, 4) is 0 Å². The molecule has 1 heterocycles. The van der Waals surface area contributed by atoms with Crippen molar-refractivity contribution in [2.75, 3.05) is 6.54 Å². The Labute approximate surface area is 156 Å². The summed E-state index contributed by atoms with van der Waals surface area (Å²) >= 11 is 1.75. The molecule has 0 aliphatic carbocycles. The summed E-state index contributed by atoms with van der Waals surface area (Å²) in [6, 6.07) is 0.438. The lowest BCUT2D eigenvalue weighted by Gasteiger charge is -2.18. The molecule has 0 saturated heterocycles. The van der Waals surface area contributed by atoms with E-state index in [0.29, 0.717) is 12.6 Å². The van der Waals surface area contributed by atoms with Crippen LogP contribution in [0.5, 0.6) is 0 Å². The largest absolute Gasteiger partial charge is 0.357 e. The number of nitrogens with one attached hydrogen (secondary N) is 2. The first-order chi connectivity index (χ1) is 10.0. The quantitative estimate of drug-likeness (QED) is 0.363. The highest BCUT2D eigenvalue weighted by molar-refractivity contribution is 14.0. The van der Waals surface area contributed by atoms with E-state index in [4.69, 9.17) is 0 Å². The van der Waals surface area contributed by atoms with Crippen LogP contribution in [-0.4, -0.2) is 23.5 Å². The molecule has 0 amide bonds. The Hall–Kier alpha value is -0.370. The number of aliphatic imine (C=N–C) groups is 1. The van der Waals surface area contributed by atoms with Crippen LogP contribution < -0.4 is 10.6 Å². The molecule has 0 radical (unpaired) electrons. The van der Waals surface area contributed by atoms with Gasteiger partial charge in [0.2, 0.25) is 0 Å². The lowest BCUT2D eigenvalue weighted by molar-refractivity contribution is 0.489. The van der Waals surface area contributed by atoms with Crippen molar-refractivity contribution in [1.29, 1.82) is 0 Å². The van der Waals surface area contributed by atoms with Gasteiger partial charge < -0.3 is 10.6 Å². The first-order valence-electron chi connectivity index (χ1n) is 8.03. The van der Waals surface area contributed by atoms with Crippen LogP contribution in [0.25, 0.3) is 0 Å². The third-order valence-corrected chi connectivity index (χ3v) is 4.35. The van der Waals surface area contributed by atoms with E-state index in [-0.39, 0.29) is 24.0 Å². The van der Waals surface area contributed by atoms with Crippen molar-refractivity contribution in [2.45, 2.75) is 66.5 Å². The zero-order valence-corrected chi connectivity index (χ0v) is 17.6. The number of halogens is 1. The first kappa shape index (κ1) is 21.6. The number of thiazole rings is 1. The smallest absolute Gasteiger partial charge is 0.191 e. The second-order valence-electron chi connectivity index (χ2n) is 5.79. The van der Waals surface area contributed by atoms with Crippen molar-refractivity contribution in [3.63, 3.8) is 0 Å². The van der Waals surface area contributed by atoms with E-state index in [1.807, 2.05) is 6.20 Å². The lowest BCUT2D eigenvalue weighted by atomic mass is 10.0. The topological polar surface area (TPSA) is 49.3 Å². The molecule has 0 bridgehead atoms. The molecule has 0 aliphatic rings. The van der Waals surface area contributed by atoms with Crippen LogP contribution in [0.15, 0.2) is 11.2 Å². The maximum absolute atomic E-state index is 4.64. The summed E-state index contributed by atoms with van der Waals surface area (Å²) < 4.78 is 0. The maximum Gasteiger partial charge on any atom is 0.191 e. The van der Waals surface area contributed by atoms with Crippen LogP contribution in [0.2, 0.25) is 0 Å². The Morgan fingerprint density at radius 3 is 2.55 bits per heavy atom. The zero-order valence-electron chi connectivity index (χ0n) is 14.5. The lowest BCUT2D eigenvalue weighted by Crippen LogP contribution is -2.42. The van der Waals surface area contributed by atoms with E-state index in [1.54, 1.807) is 11.3 Å². The standard InChI is InChI=1S/C16H30N4S.HI/c1-6-14-10-18-15(21-14)11-19-16(17-7-2)20-13(5)9-8-12(3)4;/h10,12-13H,6-9,11H2,1-5H3,(H2,17,19,20);1H. The molecule has 0 spiro atoms. The van der Waals surface area contributed by atoms with Gasteiger partial charge in [-0.2, -0.15) is 0 Å². The molecule has 2 N–H and O–H groups in total. The minimum atomic E-state index is 0. The second kappa shape index (κ2) is 12.1. The summed E-state index contributed by atoms with van der Waals surface area (Å²) in [6.07, 6.45) is 5.41. The van der Waals surface area contributed by atoms with Crippen molar-refractivity contribution in [2.24, 2.45) is 10.9 Å². The van der Waals surface area contributed by atoms with Gasteiger partial charge in [-0.05, 0) is 39.0 Å². The van der Waals surface area contributed by atoms with Gasteiger partial charge in [0, 0.05) is 23.7 Å². The molecule has 1 atom stereocenters. The molecule has 1 aromatic rings. The average molecular weight is 438 g/mol. The molecule has 128 valence electrons. The Morgan fingerprint density at radius 2 is 2.00 bits per heavy atom. The maximum atomic E-state index is 4.64. The molecule has 0 aromatic carbocycles. The van der Waals surface area contributed by atoms with E-state index in [0.717, 1.165) is 29.9 Å². The fraction of sp³-hybridized carbons (Fsp3) is 0.750. The van der Waals surface area contributed by atoms with Gasteiger partial charge in [0.05, 0.1) is 6.54 Å². The predicted octanol–water partition coefficient (Wildman–Crippen LogP) is 4.20. The molecule has 0 aliphatic heterocycles. The summed E-state index contributed by atoms with van der Waals surface area (Å²) in [6.45, 7) is 12.5. The fourth-order valence-electron chi connectivity index (χ4n) is 1.94. The van der Waals surface area contributed by atoms with Gasteiger partial charge in [0.15, 0.2) is 5.96 Å². The highest BCUT2D eigenvalue weighted by Gasteiger charge is 2.07. The molecule has 22 heavy (non-hydrogen) atoms. The van der Waals surface area contributed by atoms with Crippen molar-refractivity contribution in [3.05, 3.63) is 16.1 Å². The minimum Gasteiger partial charge on any atom is -0.357 e. The van der Waals surface area contributed by atoms with Crippen LogP contribution >= 0.6 is 35.3 Å². The van der Waals surface area contributed by atoms with Gasteiger partial charge in [0.1, 0.15) is 5.01 Å². The van der Waals surface area contributed by atoms with E-state index in [9.17, 15) is 0 Å². The minimum absolute atomic E-state index is 0. The average Bonchev–Trinajstić information content (AvgIpc) is 2.91. The van der Waals surface area contributed by atoms with Crippen molar-refractivity contribution < 1.29 is 0 Å². The molecule has 0 saturated carbocycles. The van der Waals surface area contributed by atoms with Crippen LogP contribution in [0.1, 0.15) is 57.3 Å². The Kier molecular flexibility index (Phi) is 11.9. The number of rotatable bonds is 8. The van der Waals surface area contributed by atoms with Crippen LogP contribution in [0.4, 0.5) is 0 Å². The number of hydrogen-bond acceptors (Lipinski definition) is 3. The van der Waals surface area contributed by atoms with E-state index < -0.39 is 0 Å². The monoisotopic (exact) mass is 438 g/mol. The molecule has 4 nitrogen and oxygen atoms in total. The summed E-state index contributed by atoms with van der Waals surface area (Å²) in [7, 11) is 0. The SMILES string of the molecule is CCNC(=NCc1ncc(CC)s1)NC(C)CCC(C)C.I. The van der Waals surface area contributed by atoms with Crippen molar-refractivity contribution in [1.82, 2.24) is 15.6 Å². The number of guanidine groups is 1. The fourth-order valence-corrected chi connectivity index (χ4v) is 2.73. The molecular weight excluding hydrogens is 407 g/mol. The third-order valence-electron chi connectivity index (χ3n) is 3.23. The number of aryl methyl sites for hydroxylation is 1. The van der Waals surface area contributed by atoms with Gasteiger partial charge >= 0.3 is 0 Å². The molecule has 0 fully saturated rings. The number of aromatic nitrogens is 1. The summed E-state index contributed by atoms with van der Waals surface area (Å²) in [5.41, 5.74) is 0. The van der Waals surface area contributed by atoms with E-state index >= 15 is 0 Å². The van der Waals surface area contributed by atoms with E-state index in [2.05, 4.69) is 55.2 Å². The summed E-state index contributed by atoms with van der Waals surface area (Å²) in [4.78, 5) is 10.4. The zero-order chi connectivity index (χ0) is 15.7. The first-order valence-corrected chi connectivity index (χ1v) is 8.85. The van der Waals surface area contributed by atoms with Gasteiger partial charge in [0.25, 0.3) is 0 Å². The normalized spacial score (nSPS) is 12.9. The molecule has 1 unspecified atom stereocenters. The predicted molar refractivity (Wildman–Crippen MR) is 108 cm³/mol. The van der Waals surface area contributed by atoms with Gasteiger partial charge in [-0.25, -0.2) is 9.98 Å². The molecule has 1 rings (SSSR count). The molecule has 1 aromatic heterocycles. The van der Waals surface area contributed by atoms with Crippen LogP contribution in [-0.2, 0) is 13.0 Å². The van der Waals surface area contributed by atoms with Gasteiger partial charge in [-0.1, -0.05) is 20.8 Å². The molecule has 6 heteroatoms. The van der Waals surface area contributed by atoms with E-state index in [1.165, 1.54) is 17.7 Å². The van der Waals surface area contributed by atoms with Gasteiger partial charge in [-0.15, -0.1) is 35.3 Å². The Morgan fingerprint density at radius 1 is 1.27 bits per heavy atom. The van der Waals surface area contributed by atoms with Gasteiger partial charge in [-0.3, -0.25) is 0 Å². The third kappa shape index (κ3) is 8.92. The Bertz CT molecular complexity index is 432. The highest BCUT2D eigenvalue weighted by Crippen LogP contribution is 2.14. The highest BCUT2D eigenvalue weighted by atomic mass is 127. The number of nitrogens with zero attached hydrogens (tertiary/aromatic N) is 2. The summed E-state index contributed by atoms with van der Waals surface area (Å²) in [5, 5.41) is 7.87.